The van der Waals surface area contributed by atoms with Crippen LogP contribution in [0.1, 0.15) is 23.7 Å². The number of hydrogen-bond donors (Lipinski definition) is 1. The summed E-state index contributed by atoms with van der Waals surface area (Å²) in [5.41, 5.74) is 2.53. The Morgan fingerprint density at radius 1 is 1.22 bits per heavy atom. The number of para-hydroxylation sites is 1. The standard InChI is InChI=1S/C15H18N2O/c1-18-14-8-3-2-6-12(14)15-13-7-4-10-17(13)11-5-9-16-15/h2-4,6-8,10,15-16H,5,9,11H2,1H3. The molecule has 0 bridgehead atoms. The molecule has 1 unspecified atom stereocenters. The van der Waals surface area contributed by atoms with Crippen molar-refractivity contribution in [3.63, 3.8) is 0 Å². The average molecular weight is 242 g/mol. The molecular weight excluding hydrogens is 224 g/mol. The van der Waals surface area contributed by atoms with Crippen molar-refractivity contribution >= 4 is 0 Å². The van der Waals surface area contributed by atoms with Crippen molar-refractivity contribution in [3.05, 3.63) is 53.9 Å². The number of nitrogens with one attached hydrogen (secondary N) is 1. The van der Waals surface area contributed by atoms with Crippen molar-refractivity contribution < 1.29 is 4.74 Å². The fourth-order valence-electron chi connectivity index (χ4n) is 2.67. The van der Waals surface area contributed by atoms with E-state index in [-0.39, 0.29) is 6.04 Å². The molecule has 3 rings (SSSR count). The predicted molar refractivity (Wildman–Crippen MR) is 71.9 cm³/mol. The second-order valence-electron chi connectivity index (χ2n) is 4.61. The van der Waals surface area contributed by atoms with Gasteiger partial charge in [-0.2, -0.15) is 0 Å². The molecule has 18 heavy (non-hydrogen) atoms. The van der Waals surface area contributed by atoms with E-state index in [0.717, 1.165) is 25.3 Å². The second-order valence-corrected chi connectivity index (χ2v) is 4.61. The zero-order valence-electron chi connectivity index (χ0n) is 10.6. The molecule has 0 amide bonds. The molecule has 0 aliphatic carbocycles. The highest BCUT2D eigenvalue weighted by Gasteiger charge is 2.22. The molecule has 2 heterocycles. The average Bonchev–Trinajstić information content (AvgIpc) is 2.79. The summed E-state index contributed by atoms with van der Waals surface area (Å²) in [6.07, 6.45) is 3.32. The van der Waals surface area contributed by atoms with Gasteiger partial charge in [-0.1, -0.05) is 18.2 Å². The van der Waals surface area contributed by atoms with Crippen molar-refractivity contribution in [2.75, 3.05) is 13.7 Å². The molecule has 2 aromatic rings. The molecule has 1 aromatic carbocycles. The van der Waals surface area contributed by atoms with Crippen LogP contribution in [0.5, 0.6) is 5.75 Å². The van der Waals surface area contributed by atoms with Crippen LogP contribution in [0.15, 0.2) is 42.6 Å². The van der Waals surface area contributed by atoms with Crippen LogP contribution in [0.3, 0.4) is 0 Å². The van der Waals surface area contributed by atoms with Crippen molar-refractivity contribution in [3.8, 4) is 5.75 Å². The number of fused-ring (bicyclic) bond motifs is 1. The Hall–Kier alpha value is -1.74. The number of methoxy groups -OCH3 is 1. The van der Waals surface area contributed by atoms with Gasteiger partial charge in [0, 0.05) is 24.0 Å². The van der Waals surface area contributed by atoms with E-state index in [1.54, 1.807) is 7.11 Å². The third-order valence-electron chi connectivity index (χ3n) is 3.53. The highest BCUT2D eigenvalue weighted by Crippen LogP contribution is 2.31. The summed E-state index contributed by atoms with van der Waals surface area (Å²) in [6.45, 7) is 2.12. The minimum atomic E-state index is 0.221. The van der Waals surface area contributed by atoms with Crippen molar-refractivity contribution in [1.82, 2.24) is 9.88 Å². The lowest BCUT2D eigenvalue weighted by atomic mass is 10.0. The molecule has 0 saturated heterocycles. The van der Waals surface area contributed by atoms with Gasteiger partial charge in [-0.25, -0.2) is 0 Å². The molecular formula is C15H18N2O. The van der Waals surface area contributed by atoms with Crippen molar-refractivity contribution in [1.29, 1.82) is 0 Å². The van der Waals surface area contributed by atoms with Crippen LogP contribution in [0, 0.1) is 0 Å². The van der Waals surface area contributed by atoms with Crippen LogP contribution < -0.4 is 10.1 Å². The topological polar surface area (TPSA) is 26.2 Å². The third-order valence-corrected chi connectivity index (χ3v) is 3.53. The van der Waals surface area contributed by atoms with Crippen molar-refractivity contribution in [2.45, 2.75) is 19.0 Å². The summed E-state index contributed by atoms with van der Waals surface area (Å²) in [5.74, 6) is 0.949. The van der Waals surface area contributed by atoms with Gasteiger partial charge in [-0.3, -0.25) is 0 Å². The number of rotatable bonds is 2. The highest BCUT2D eigenvalue weighted by molar-refractivity contribution is 5.40. The smallest absolute Gasteiger partial charge is 0.124 e. The fraction of sp³-hybridized carbons (Fsp3) is 0.333. The molecule has 1 atom stereocenters. The van der Waals surface area contributed by atoms with E-state index in [1.165, 1.54) is 11.3 Å². The van der Waals surface area contributed by atoms with E-state index >= 15 is 0 Å². The molecule has 1 aromatic heterocycles. The Morgan fingerprint density at radius 2 is 2.11 bits per heavy atom. The number of nitrogens with zero attached hydrogens (tertiary/aromatic N) is 1. The van der Waals surface area contributed by atoms with Gasteiger partial charge in [0.1, 0.15) is 5.75 Å². The maximum Gasteiger partial charge on any atom is 0.124 e. The van der Waals surface area contributed by atoms with E-state index in [1.807, 2.05) is 12.1 Å². The Morgan fingerprint density at radius 3 is 3.00 bits per heavy atom. The van der Waals surface area contributed by atoms with E-state index in [0.29, 0.717) is 0 Å². The molecule has 3 heteroatoms. The van der Waals surface area contributed by atoms with Gasteiger partial charge in [0.2, 0.25) is 0 Å². The number of aromatic nitrogens is 1. The van der Waals surface area contributed by atoms with Gasteiger partial charge < -0.3 is 14.6 Å². The normalized spacial score (nSPS) is 19.1. The van der Waals surface area contributed by atoms with Gasteiger partial charge >= 0.3 is 0 Å². The second kappa shape index (κ2) is 4.86. The summed E-state index contributed by atoms with van der Waals surface area (Å²) in [5, 5.41) is 3.61. The summed E-state index contributed by atoms with van der Waals surface area (Å²) in [7, 11) is 1.73. The van der Waals surface area contributed by atoms with Crippen LogP contribution in [-0.4, -0.2) is 18.2 Å². The molecule has 1 aliphatic heterocycles. The number of hydrogen-bond acceptors (Lipinski definition) is 2. The van der Waals surface area contributed by atoms with Gasteiger partial charge in [0.25, 0.3) is 0 Å². The Kier molecular flexibility index (Phi) is 3.07. The lowest BCUT2D eigenvalue weighted by Gasteiger charge is -2.20. The van der Waals surface area contributed by atoms with Gasteiger partial charge in [0.05, 0.1) is 13.2 Å². The summed E-state index contributed by atoms with van der Waals surface area (Å²) in [4.78, 5) is 0. The minimum absolute atomic E-state index is 0.221. The maximum atomic E-state index is 5.48. The largest absolute Gasteiger partial charge is 0.496 e. The number of aryl methyl sites for hydroxylation is 1. The van der Waals surface area contributed by atoms with Gasteiger partial charge in [-0.15, -0.1) is 0 Å². The molecule has 0 spiro atoms. The zero-order valence-corrected chi connectivity index (χ0v) is 10.6. The van der Waals surface area contributed by atoms with E-state index in [2.05, 4.69) is 40.3 Å². The lowest BCUT2D eigenvalue weighted by molar-refractivity contribution is 0.404. The van der Waals surface area contributed by atoms with Crippen molar-refractivity contribution in [2.24, 2.45) is 0 Å². The Bertz CT molecular complexity index is 533. The molecule has 1 aliphatic rings. The third kappa shape index (κ3) is 1.91. The minimum Gasteiger partial charge on any atom is -0.496 e. The van der Waals surface area contributed by atoms with Crippen LogP contribution in [0.25, 0.3) is 0 Å². The van der Waals surface area contributed by atoms with Crippen LogP contribution >= 0.6 is 0 Å². The van der Waals surface area contributed by atoms with E-state index in [9.17, 15) is 0 Å². The fourth-order valence-corrected chi connectivity index (χ4v) is 2.67. The first-order chi connectivity index (χ1) is 8.90. The molecule has 94 valence electrons. The molecule has 0 radical (unpaired) electrons. The SMILES string of the molecule is COc1ccccc1C1NCCCn2cccc21. The van der Waals surface area contributed by atoms with Gasteiger partial charge in [0.15, 0.2) is 0 Å². The van der Waals surface area contributed by atoms with E-state index < -0.39 is 0 Å². The lowest BCUT2D eigenvalue weighted by Crippen LogP contribution is -2.22. The molecule has 3 nitrogen and oxygen atoms in total. The first-order valence-corrected chi connectivity index (χ1v) is 6.41. The number of ether oxygens (including phenoxy) is 1. The molecule has 0 fully saturated rings. The first kappa shape index (κ1) is 11.4. The highest BCUT2D eigenvalue weighted by atomic mass is 16.5. The van der Waals surface area contributed by atoms with Crippen LogP contribution in [0.4, 0.5) is 0 Å². The summed E-state index contributed by atoms with van der Waals surface area (Å²) < 4.78 is 7.81. The quantitative estimate of drug-likeness (QED) is 0.876. The Balaban J connectivity index is 2.06. The van der Waals surface area contributed by atoms with E-state index in [4.69, 9.17) is 4.74 Å². The maximum absolute atomic E-state index is 5.48. The summed E-state index contributed by atoms with van der Waals surface area (Å²) >= 11 is 0. The monoisotopic (exact) mass is 242 g/mol. The Labute approximate surface area is 107 Å². The van der Waals surface area contributed by atoms with Crippen LogP contribution in [0.2, 0.25) is 0 Å². The number of benzene rings is 1. The first-order valence-electron chi connectivity index (χ1n) is 6.41. The van der Waals surface area contributed by atoms with Crippen LogP contribution in [-0.2, 0) is 6.54 Å². The summed E-state index contributed by atoms with van der Waals surface area (Å²) in [6, 6.07) is 12.8. The molecule has 1 N–H and O–H groups in total. The predicted octanol–water partition coefficient (Wildman–Crippen LogP) is 2.58. The van der Waals surface area contributed by atoms with Gasteiger partial charge in [-0.05, 0) is 31.2 Å². The molecule has 0 saturated carbocycles. The zero-order chi connectivity index (χ0) is 12.4.